The van der Waals surface area contributed by atoms with Crippen LogP contribution >= 0.6 is 0 Å². The highest BCUT2D eigenvalue weighted by Crippen LogP contribution is 1.97. The van der Waals surface area contributed by atoms with E-state index >= 15 is 0 Å². The summed E-state index contributed by atoms with van der Waals surface area (Å²) in [6.45, 7) is 3.94. The maximum absolute atomic E-state index is 4.08. The molecule has 1 unspecified atom stereocenters. The van der Waals surface area contributed by atoms with Crippen LogP contribution < -0.4 is 5.32 Å². The van der Waals surface area contributed by atoms with Gasteiger partial charge in [-0.1, -0.05) is 6.07 Å². The highest BCUT2D eigenvalue weighted by Gasteiger charge is 2.01. The van der Waals surface area contributed by atoms with Crippen molar-refractivity contribution in [1.82, 2.24) is 19.9 Å². The molecule has 2 aromatic rings. The third-order valence-electron chi connectivity index (χ3n) is 2.42. The van der Waals surface area contributed by atoms with Crippen LogP contribution in [0.5, 0.6) is 0 Å². The molecule has 0 radical (unpaired) electrons. The van der Waals surface area contributed by atoms with Gasteiger partial charge in [0.05, 0.1) is 6.33 Å². The Kier molecular flexibility index (Phi) is 3.66. The van der Waals surface area contributed by atoms with Crippen molar-refractivity contribution in [2.45, 2.75) is 26.1 Å². The second-order valence-corrected chi connectivity index (χ2v) is 3.90. The second kappa shape index (κ2) is 5.42. The summed E-state index contributed by atoms with van der Waals surface area (Å²) in [4.78, 5) is 8.10. The number of imidazole rings is 1. The lowest BCUT2D eigenvalue weighted by molar-refractivity contribution is 0.476. The molecule has 0 aromatic carbocycles. The largest absolute Gasteiger partial charge is 0.336 e. The number of hydrogen-bond donors (Lipinski definition) is 1. The summed E-state index contributed by atoms with van der Waals surface area (Å²) in [6, 6.07) is 4.44. The van der Waals surface area contributed by atoms with E-state index < -0.39 is 0 Å². The van der Waals surface area contributed by atoms with E-state index in [2.05, 4.69) is 32.8 Å². The number of nitrogens with zero attached hydrogens (tertiary/aromatic N) is 3. The van der Waals surface area contributed by atoms with Crippen LogP contribution in [0.1, 0.15) is 12.5 Å². The lowest BCUT2D eigenvalue weighted by atomic mass is 10.2. The van der Waals surface area contributed by atoms with Gasteiger partial charge >= 0.3 is 0 Å². The number of nitrogens with one attached hydrogen (secondary N) is 1. The molecule has 4 nitrogen and oxygen atoms in total. The van der Waals surface area contributed by atoms with Gasteiger partial charge in [-0.3, -0.25) is 4.98 Å². The maximum atomic E-state index is 4.08. The molecule has 16 heavy (non-hydrogen) atoms. The van der Waals surface area contributed by atoms with E-state index in [0.717, 1.165) is 13.1 Å². The lowest BCUT2D eigenvalue weighted by Crippen LogP contribution is -2.29. The van der Waals surface area contributed by atoms with Crippen LogP contribution in [0.25, 0.3) is 0 Å². The zero-order valence-corrected chi connectivity index (χ0v) is 9.37. The first-order chi connectivity index (χ1) is 7.84. The van der Waals surface area contributed by atoms with Crippen LogP contribution in [0.4, 0.5) is 0 Å². The Morgan fingerprint density at radius 2 is 2.31 bits per heavy atom. The molecule has 2 rings (SSSR count). The van der Waals surface area contributed by atoms with Gasteiger partial charge in [-0.2, -0.15) is 0 Å². The van der Waals surface area contributed by atoms with Crippen molar-refractivity contribution in [3.8, 4) is 0 Å². The summed E-state index contributed by atoms with van der Waals surface area (Å²) >= 11 is 0. The summed E-state index contributed by atoms with van der Waals surface area (Å²) in [5.41, 5.74) is 1.21. The fourth-order valence-corrected chi connectivity index (χ4v) is 1.57. The van der Waals surface area contributed by atoms with E-state index in [1.807, 2.05) is 24.8 Å². The molecule has 0 bridgehead atoms. The summed E-state index contributed by atoms with van der Waals surface area (Å²) in [5.74, 6) is 0. The standard InChI is InChI=1S/C12H16N4/c1-11(9-16-6-5-14-10-16)15-8-12-3-2-4-13-7-12/h2-7,10-11,15H,8-9H2,1H3. The van der Waals surface area contributed by atoms with Crippen molar-refractivity contribution in [2.75, 3.05) is 0 Å². The molecule has 4 heteroatoms. The summed E-state index contributed by atoms with van der Waals surface area (Å²) in [7, 11) is 0. The van der Waals surface area contributed by atoms with Crippen molar-refractivity contribution in [2.24, 2.45) is 0 Å². The van der Waals surface area contributed by atoms with Crippen LogP contribution in [0, 0.1) is 0 Å². The molecule has 2 aromatic heterocycles. The maximum Gasteiger partial charge on any atom is 0.0946 e. The molecule has 84 valence electrons. The van der Waals surface area contributed by atoms with Gasteiger partial charge in [-0.25, -0.2) is 4.98 Å². The van der Waals surface area contributed by atoms with E-state index in [4.69, 9.17) is 0 Å². The van der Waals surface area contributed by atoms with Crippen molar-refractivity contribution < 1.29 is 0 Å². The zero-order valence-electron chi connectivity index (χ0n) is 9.37. The van der Waals surface area contributed by atoms with E-state index in [1.165, 1.54) is 5.56 Å². The van der Waals surface area contributed by atoms with Gasteiger partial charge in [0.2, 0.25) is 0 Å². The first-order valence-corrected chi connectivity index (χ1v) is 5.42. The summed E-state index contributed by atoms with van der Waals surface area (Å²) in [5, 5.41) is 3.45. The van der Waals surface area contributed by atoms with Gasteiger partial charge in [0, 0.05) is 43.9 Å². The monoisotopic (exact) mass is 216 g/mol. The Balaban J connectivity index is 1.78. The molecule has 0 aliphatic carbocycles. The number of hydrogen-bond acceptors (Lipinski definition) is 3. The molecule has 0 saturated heterocycles. The van der Waals surface area contributed by atoms with E-state index in [-0.39, 0.29) is 0 Å². The quantitative estimate of drug-likeness (QED) is 0.822. The minimum atomic E-state index is 0.411. The zero-order chi connectivity index (χ0) is 11.2. The fraction of sp³-hybridized carbons (Fsp3) is 0.333. The van der Waals surface area contributed by atoms with Gasteiger partial charge in [0.25, 0.3) is 0 Å². The average molecular weight is 216 g/mol. The van der Waals surface area contributed by atoms with Crippen molar-refractivity contribution in [3.63, 3.8) is 0 Å². The van der Waals surface area contributed by atoms with Crippen molar-refractivity contribution >= 4 is 0 Å². The Morgan fingerprint density at radius 3 is 3.00 bits per heavy atom. The Labute approximate surface area is 95.4 Å². The van der Waals surface area contributed by atoms with Crippen LogP contribution in [-0.2, 0) is 13.1 Å². The highest BCUT2D eigenvalue weighted by molar-refractivity contribution is 5.07. The highest BCUT2D eigenvalue weighted by atomic mass is 15.1. The molecule has 0 fully saturated rings. The first-order valence-electron chi connectivity index (χ1n) is 5.42. The third-order valence-corrected chi connectivity index (χ3v) is 2.42. The van der Waals surface area contributed by atoms with E-state index in [1.54, 1.807) is 12.4 Å². The molecule has 1 atom stereocenters. The molecule has 0 spiro atoms. The third kappa shape index (κ3) is 3.17. The van der Waals surface area contributed by atoms with Crippen molar-refractivity contribution in [1.29, 1.82) is 0 Å². The second-order valence-electron chi connectivity index (χ2n) is 3.90. The summed E-state index contributed by atoms with van der Waals surface area (Å²) < 4.78 is 2.07. The minimum absolute atomic E-state index is 0.411. The Bertz CT molecular complexity index is 396. The first kappa shape index (κ1) is 10.8. The predicted molar refractivity (Wildman–Crippen MR) is 62.8 cm³/mol. The van der Waals surface area contributed by atoms with Crippen LogP contribution in [0.15, 0.2) is 43.2 Å². The Morgan fingerprint density at radius 1 is 1.38 bits per heavy atom. The number of pyridine rings is 1. The molecule has 0 aliphatic rings. The average Bonchev–Trinajstić information content (AvgIpc) is 2.81. The van der Waals surface area contributed by atoms with Crippen LogP contribution in [-0.4, -0.2) is 20.6 Å². The molecule has 0 aliphatic heterocycles. The molecule has 1 N–H and O–H groups in total. The normalized spacial score (nSPS) is 12.6. The van der Waals surface area contributed by atoms with Crippen LogP contribution in [0.3, 0.4) is 0 Å². The lowest BCUT2D eigenvalue weighted by Gasteiger charge is -2.14. The summed E-state index contributed by atoms with van der Waals surface area (Å²) in [6.07, 6.45) is 9.29. The van der Waals surface area contributed by atoms with E-state index in [0.29, 0.717) is 6.04 Å². The smallest absolute Gasteiger partial charge is 0.0946 e. The fourth-order valence-electron chi connectivity index (χ4n) is 1.57. The van der Waals surface area contributed by atoms with Crippen LogP contribution in [0.2, 0.25) is 0 Å². The van der Waals surface area contributed by atoms with Crippen molar-refractivity contribution in [3.05, 3.63) is 48.8 Å². The molecular formula is C12H16N4. The Hall–Kier alpha value is -1.68. The van der Waals surface area contributed by atoms with Gasteiger partial charge < -0.3 is 9.88 Å². The number of aromatic nitrogens is 3. The minimum Gasteiger partial charge on any atom is -0.336 e. The SMILES string of the molecule is CC(Cn1ccnc1)NCc1cccnc1. The van der Waals surface area contributed by atoms with Gasteiger partial charge in [0.1, 0.15) is 0 Å². The van der Waals surface area contributed by atoms with Gasteiger partial charge in [0.15, 0.2) is 0 Å². The molecule has 0 amide bonds. The van der Waals surface area contributed by atoms with E-state index in [9.17, 15) is 0 Å². The molecular weight excluding hydrogens is 200 g/mol. The topological polar surface area (TPSA) is 42.7 Å². The van der Waals surface area contributed by atoms with Gasteiger partial charge in [-0.15, -0.1) is 0 Å². The predicted octanol–water partition coefficient (Wildman–Crippen LogP) is 1.46. The van der Waals surface area contributed by atoms with Gasteiger partial charge in [-0.05, 0) is 18.6 Å². The molecule has 2 heterocycles. The number of rotatable bonds is 5. The molecule has 0 saturated carbocycles.